The molecular weight excluding hydrogens is 392 g/mol. The van der Waals surface area contributed by atoms with E-state index >= 15 is 0 Å². The molecule has 3 aromatic carbocycles. The summed E-state index contributed by atoms with van der Waals surface area (Å²) in [5.74, 6) is -0.242. The van der Waals surface area contributed by atoms with E-state index in [-0.39, 0.29) is 0 Å². The molecule has 154 valence electrons. The van der Waals surface area contributed by atoms with Gasteiger partial charge in [0.2, 0.25) is 0 Å². The second kappa shape index (κ2) is 7.07. The number of nitrogens with zero attached hydrogens (tertiary/aromatic N) is 3. The van der Waals surface area contributed by atoms with Crippen LogP contribution in [0.15, 0.2) is 83.7 Å². The van der Waals surface area contributed by atoms with Crippen LogP contribution < -0.4 is 15.9 Å². The van der Waals surface area contributed by atoms with Crippen molar-refractivity contribution in [3.63, 3.8) is 0 Å². The van der Waals surface area contributed by atoms with Crippen LogP contribution in [-0.2, 0) is 10.5 Å². The third-order valence-corrected chi connectivity index (χ3v) is 5.54. The molecular formula is C24H20N4O3. The fraction of sp³-hybridized carbons (Fsp3) is 0.125. The van der Waals surface area contributed by atoms with Gasteiger partial charge in [0, 0.05) is 17.7 Å². The number of hydrogen-bond donors (Lipinski definition) is 2. The van der Waals surface area contributed by atoms with Crippen molar-refractivity contribution in [2.75, 3.05) is 16.9 Å². The van der Waals surface area contributed by atoms with Crippen LogP contribution in [0.3, 0.4) is 0 Å². The van der Waals surface area contributed by atoms with Crippen molar-refractivity contribution in [3.05, 3.63) is 94.8 Å². The average molecular weight is 412 g/mol. The molecule has 5 rings (SSSR count). The zero-order valence-electron chi connectivity index (χ0n) is 16.8. The van der Waals surface area contributed by atoms with Crippen molar-refractivity contribution in [3.8, 4) is 11.4 Å². The number of nitrogens with one attached hydrogen (secondary N) is 1. The predicted molar refractivity (Wildman–Crippen MR) is 119 cm³/mol. The van der Waals surface area contributed by atoms with Gasteiger partial charge in [0.15, 0.2) is 5.82 Å². The average Bonchev–Trinajstić information content (AvgIpc) is 3.02. The Morgan fingerprint density at radius 1 is 0.935 bits per heavy atom. The van der Waals surface area contributed by atoms with Crippen LogP contribution in [0.25, 0.3) is 22.3 Å². The topological polar surface area (TPSA) is 87.5 Å². The maximum Gasteiger partial charge on any atom is 0.286 e. The summed E-state index contributed by atoms with van der Waals surface area (Å²) in [6.45, 7) is 2.22. The molecule has 0 unspecified atom stereocenters. The maximum absolute atomic E-state index is 13.4. The molecule has 1 atom stereocenters. The molecule has 2 N–H and O–H groups in total. The van der Waals surface area contributed by atoms with Gasteiger partial charge in [0.25, 0.3) is 17.2 Å². The Kier molecular flexibility index (Phi) is 4.34. The summed E-state index contributed by atoms with van der Waals surface area (Å²) in [5.41, 5.74) is 2.51. The number of hydrogen-bond acceptors (Lipinski definition) is 5. The second-order valence-electron chi connectivity index (χ2n) is 7.35. The number of carbonyl (C=O) groups excluding carboxylic acids is 1. The summed E-state index contributed by atoms with van der Waals surface area (Å²) in [5, 5.41) is 11.9. The first kappa shape index (κ1) is 19.0. The smallest absolute Gasteiger partial charge is 0.286 e. The highest BCUT2D eigenvalue weighted by molar-refractivity contribution is 6.07. The Labute approximate surface area is 178 Å². The molecule has 0 saturated carbocycles. The van der Waals surface area contributed by atoms with Crippen molar-refractivity contribution < 1.29 is 9.90 Å². The summed E-state index contributed by atoms with van der Waals surface area (Å²) < 4.78 is 1.17. The molecule has 31 heavy (non-hydrogen) atoms. The number of likely N-dealkylation sites (N-methyl/N-ethyl adjacent to an activating group) is 1. The molecule has 0 saturated heterocycles. The van der Waals surface area contributed by atoms with E-state index in [1.807, 2.05) is 43.3 Å². The van der Waals surface area contributed by atoms with Crippen LogP contribution in [0.4, 0.5) is 5.69 Å². The molecule has 1 aliphatic rings. The number of anilines is 1. The number of rotatable bonds is 4. The number of aliphatic hydroxyl groups is 1. The van der Waals surface area contributed by atoms with Gasteiger partial charge in [-0.15, -0.1) is 0 Å². The van der Waals surface area contributed by atoms with E-state index in [0.29, 0.717) is 40.1 Å². The minimum atomic E-state index is -2.11. The molecule has 0 bridgehead atoms. The molecule has 1 aromatic heterocycles. The summed E-state index contributed by atoms with van der Waals surface area (Å²) in [6.07, 6.45) is 0. The third kappa shape index (κ3) is 2.82. The molecule has 0 spiro atoms. The minimum Gasteiger partial charge on any atom is -0.358 e. The van der Waals surface area contributed by atoms with E-state index in [2.05, 4.69) is 10.4 Å². The van der Waals surface area contributed by atoms with Crippen molar-refractivity contribution in [1.82, 2.24) is 9.66 Å². The number of amides is 1. The van der Waals surface area contributed by atoms with Crippen molar-refractivity contribution in [2.24, 2.45) is 0 Å². The molecule has 1 aliphatic heterocycles. The van der Waals surface area contributed by atoms with Gasteiger partial charge in [-0.2, -0.15) is 0 Å². The standard InChI is InChI=1S/C24H20N4O3/c1-2-27-20-15-9-7-13-18(20)24(31,23(27)30)26-28-21(16-10-4-3-5-11-16)25-19-14-8-6-12-17(19)22(28)29/h3-15,26,31H,2H2,1H3/t24-/m1/s1. The lowest BCUT2D eigenvalue weighted by Crippen LogP contribution is -2.52. The lowest BCUT2D eigenvalue weighted by molar-refractivity contribution is -0.134. The lowest BCUT2D eigenvalue weighted by atomic mass is 10.1. The van der Waals surface area contributed by atoms with Gasteiger partial charge < -0.3 is 10.0 Å². The Morgan fingerprint density at radius 2 is 1.61 bits per heavy atom. The zero-order chi connectivity index (χ0) is 21.6. The van der Waals surface area contributed by atoms with E-state index in [1.165, 1.54) is 9.58 Å². The van der Waals surface area contributed by atoms with Gasteiger partial charge in [-0.3, -0.25) is 15.0 Å². The van der Waals surface area contributed by atoms with Gasteiger partial charge in [-0.05, 0) is 25.1 Å². The van der Waals surface area contributed by atoms with Gasteiger partial charge in [0.05, 0.1) is 16.6 Å². The van der Waals surface area contributed by atoms with Crippen LogP contribution in [0.1, 0.15) is 12.5 Å². The number of aromatic nitrogens is 2. The maximum atomic E-state index is 13.4. The van der Waals surface area contributed by atoms with Crippen LogP contribution in [-0.4, -0.2) is 27.2 Å². The summed E-state index contributed by atoms with van der Waals surface area (Å²) >= 11 is 0. The van der Waals surface area contributed by atoms with Crippen LogP contribution in [0.5, 0.6) is 0 Å². The van der Waals surface area contributed by atoms with Gasteiger partial charge in [-0.1, -0.05) is 60.7 Å². The first-order chi connectivity index (χ1) is 15.0. The lowest BCUT2D eigenvalue weighted by Gasteiger charge is -2.27. The Bertz CT molecular complexity index is 1370. The normalized spacial score (nSPS) is 17.7. The molecule has 0 radical (unpaired) electrons. The molecule has 0 aliphatic carbocycles. The van der Waals surface area contributed by atoms with E-state index in [9.17, 15) is 14.7 Å². The fourth-order valence-corrected chi connectivity index (χ4v) is 4.04. The van der Waals surface area contributed by atoms with E-state index in [1.54, 1.807) is 42.5 Å². The SMILES string of the molecule is CCN1C(=O)[C@@](O)(Nn2c(-c3ccccc3)nc3ccccc3c2=O)c2ccccc21. The third-order valence-electron chi connectivity index (χ3n) is 5.54. The zero-order valence-corrected chi connectivity index (χ0v) is 16.8. The van der Waals surface area contributed by atoms with Gasteiger partial charge in [-0.25, -0.2) is 9.66 Å². The van der Waals surface area contributed by atoms with E-state index < -0.39 is 17.2 Å². The quantitative estimate of drug-likeness (QED) is 0.504. The largest absolute Gasteiger partial charge is 0.358 e. The monoisotopic (exact) mass is 412 g/mol. The molecule has 1 amide bonds. The number of benzene rings is 3. The Morgan fingerprint density at radius 3 is 2.39 bits per heavy atom. The molecule has 2 heterocycles. The van der Waals surface area contributed by atoms with E-state index in [0.717, 1.165) is 0 Å². The highest BCUT2D eigenvalue weighted by atomic mass is 16.3. The summed E-state index contributed by atoms with van der Waals surface area (Å²) in [7, 11) is 0. The van der Waals surface area contributed by atoms with Crippen molar-refractivity contribution >= 4 is 22.5 Å². The molecule has 0 fully saturated rings. The summed E-state index contributed by atoms with van der Waals surface area (Å²) in [4.78, 5) is 32.8. The van der Waals surface area contributed by atoms with Crippen molar-refractivity contribution in [1.29, 1.82) is 0 Å². The first-order valence-electron chi connectivity index (χ1n) is 10.0. The van der Waals surface area contributed by atoms with Crippen LogP contribution in [0, 0.1) is 0 Å². The highest BCUT2D eigenvalue weighted by Gasteiger charge is 2.50. The highest BCUT2D eigenvalue weighted by Crippen LogP contribution is 2.39. The van der Waals surface area contributed by atoms with Gasteiger partial charge >= 0.3 is 0 Å². The first-order valence-corrected chi connectivity index (χ1v) is 10.0. The Hall–Kier alpha value is -3.97. The molecule has 7 nitrogen and oxygen atoms in total. The van der Waals surface area contributed by atoms with Crippen molar-refractivity contribution in [2.45, 2.75) is 12.6 Å². The number of fused-ring (bicyclic) bond motifs is 2. The molecule has 4 aromatic rings. The number of para-hydroxylation sites is 2. The van der Waals surface area contributed by atoms with Gasteiger partial charge in [0.1, 0.15) is 0 Å². The number of carbonyl (C=O) groups is 1. The predicted octanol–water partition coefficient (Wildman–Crippen LogP) is 2.82. The summed E-state index contributed by atoms with van der Waals surface area (Å²) in [6, 6.07) is 23.2. The fourth-order valence-electron chi connectivity index (χ4n) is 4.04. The second-order valence-corrected chi connectivity index (χ2v) is 7.35. The van der Waals surface area contributed by atoms with Crippen LogP contribution >= 0.6 is 0 Å². The van der Waals surface area contributed by atoms with E-state index in [4.69, 9.17) is 0 Å². The Balaban J connectivity index is 1.75. The van der Waals surface area contributed by atoms with Crippen LogP contribution in [0.2, 0.25) is 0 Å². The minimum absolute atomic E-state index is 0.304. The molecule has 7 heteroatoms.